The van der Waals surface area contributed by atoms with Gasteiger partial charge in [-0.1, -0.05) is 0 Å². The first-order chi connectivity index (χ1) is 9.41. The van der Waals surface area contributed by atoms with Crippen LogP contribution in [0.15, 0.2) is 35.0 Å². The fourth-order valence-corrected chi connectivity index (χ4v) is 2.26. The Labute approximate surface area is 117 Å². The summed E-state index contributed by atoms with van der Waals surface area (Å²) in [6, 6.07) is 5.11. The van der Waals surface area contributed by atoms with Crippen LogP contribution in [0.25, 0.3) is 0 Å². The molecule has 20 heavy (non-hydrogen) atoms. The zero-order valence-electron chi connectivity index (χ0n) is 10.4. The van der Waals surface area contributed by atoms with E-state index in [1.165, 1.54) is 30.5 Å². The van der Waals surface area contributed by atoms with E-state index >= 15 is 0 Å². The van der Waals surface area contributed by atoms with Gasteiger partial charge in [0.1, 0.15) is 0 Å². The molecule has 0 fully saturated rings. The largest absolute Gasteiger partial charge is 0.418 e. The van der Waals surface area contributed by atoms with Gasteiger partial charge >= 0.3 is 6.18 Å². The summed E-state index contributed by atoms with van der Waals surface area (Å²) in [6.07, 6.45) is -4.52. The third-order valence-electron chi connectivity index (χ3n) is 2.64. The van der Waals surface area contributed by atoms with Gasteiger partial charge in [0, 0.05) is 23.7 Å². The number of thiophene rings is 1. The standard InChI is InChI=1S/C13H11F3N2OS/c1-17-11-3-2-8(6-10(11)13(14,15)16)12(19)18-9-4-5-20-7-9/h2-7,17H,1H3,(H,18,19). The Balaban J connectivity index is 2.31. The molecule has 0 saturated heterocycles. The minimum absolute atomic E-state index is 0.0393. The van der Waals surface area contributed by atoms with E-state index in [1.807, 2.05) is 0 Å². The first kappa shape index (κ1) is 14.4. The van der Waals surface area contributed by atoms with E-state index in [0.717, 1.165) is 6.07 Å². The third-order valence-corrected chi connectivity index (χ3v) is 3.32. The molecule has 2 rings (SSSR count). The minimum Gasteiger partial charge on any atom is -0.388 e. The second kappa shape index (κ2) is 5.54. The molecule has 2 aromatic rings. The lowest BCUT2D eigenvalue weighted by atomic mass is 10.1. The Morgan fingerprint density at radius 1 is 1.25 bits per heavy atom. The maximum Gasteiger partial charge on any atom is 0.418 e. The Kier molecular flexibility index (Phi) is 3.99. The van der Waals surface area contributed by atoms with E-state index in [-0.39, 0.29) is 11.3 Å². The molecule has 0 saturated carbocycles. The molecule has 0 aliphatic rings. The molecule has 1 aromatic carbocycles. The fourth-order valence-electron chi connectivity index (χ4n) is 1.68. The molecule has 0 aliphatic carbocycles. The van der Waals surface area contributed by atoms with Crippen LogP contribution in [0.3, 0.4) is 0 Å². The zero-order chi connectivity index (χ0) is 14.8. The maximum absolute atomic E-state index is 12.9. The zero-order valence-corrected chi connectivity index (χ0v) is 11.2. The van der Waals surface area contributed by atoms with Crippen LogP contribution < -0.4 is 10.6 Å². The molecular weight excluding hydrogens is 289 g/mol. The van der Waals surface area contributed by atoms with Crippen molar-refractivity contribution in [1.29, 1.82) is 0 Å². The Morgan fingerprint density at radius 3 is 2.55 bits per heavy atom. The lowest BCUT2D eigenvalue weighted by Gasteiger charge is -2.14. The fraction of sp³-hybridized carbons (Fsp3) is 0.154. The van der Waals surface area contributed by atoms with E-state index < -0.39 is 17.6 Å². The molecule has 0 bridgehead atoms. The molecule has 1 heterocycles. The summed E-state index contributed by atoms with van der Waals surface area (Å²) in [5.41, 5.74) is -0.406. The van der Waals surface area contributed by atoms with Crippen molar-refractivity contribution in [2.75, 3.05) is 17.7 Å². The summed E-state index contributed by atoms with van der Waals surface area (Å²) >= 11 is 1.39. The smallest absolute Gasteiger partial charge is 0.388 e. The van der Waals surface area contributed by atoms with Gasteiger partial charge in [-0.3, -0.25) is 4.79 Å². The molecule has 0 unspecified atom stereocenters. The van der Waals surface area contributed by atoms with Crippen LogP contribution in [-0.2, 0) is 6.18 Å². The van der Waals surface area contributed by atoms with Gasteiger partial charge in [-0.15, -0.1) is 0 Å². The van der Waals surface area contributed by atoms with Crippen LogP contribution in [0, 0.1) is 0 Å². The number of alkyl halides is 3. The predicted molar refractivity (Wildman–Crippen MR) is 73.3 cm³/mol. The molecule has 2 N–H and O–H groups in total. The number of carbonyl (C=O) groups is 1. The molecule has 1 amide bonds. The molecule has 106 valence electrons. The van der Waals surface area contributed by atoms with Gasteiger partial charge in [-0.05, 0) is 29.6 Å². The number of amides is 1. The molecule has 7 heteroatoms. The highest BCUT2D eigenvalue weighted by molar-refractivity contribution is 7.08. The normalized spacial score (nSPS) is 11.2. The summed E-state index contributed by atoms with van der Waals surface area (Å²) in [5.74, 6) is -0.573. The SMILES string of the molecule is CNc1ccc(C(=O)Nc2ccsc2)cc1C(F)(F)F. The van der Waals surface area contributed by atoms with Crippen LogP contribution in [0.1, 0.15) is 15.9 Å². The Hall–Kier alpha value is -2.02. The number of nitrogens with one attached hydrogen (secondary N) is 2. The van der Waals surface area contributed by atoms with Gasteiger partial charge in [-0.2, -0.15) is 24.5 Å². The molecule has 0 radical (unpaired) electrons. The van der Waals surface area contributed by atoms with Gasteiger partial charge in [0.25, 0.3) is 5.91 Å². The molecule has 0 atom stereocenters. The van der Waals surface area contributed by atoms with Crippen LogP contribution in [0.2, 0.25) is 0 Å². The predicted octanol–water partition coefficient (Wildman–Crippen LogP) is 4.06. The molecule has 0 spiro atoms. The van der Waals surface area contributed by atoms with Crippen LogP contribution >= 0.6 is 11.3 Å². The van der Waals surface area contributed by atoms with Crippen molar-refractivity contribution in [3.05, 3.63) is 46.2 Å². The number of hydrogen-bond donors (Lipinski definition) is 2. The Morgan fingerprint density at radius 2 is 2.00 bits per heavy atom. The second-order valence-corrected chi connectivity index (χ2v) is 4.75. The van der Waals surface area contributed by atoms with Gasteiger partial charge in [-0.25, -0.2) is 0 Å². The minimum atomic E-state index is -4.52. The van der Waals surface area contributed by atoms with Gasteiger partial charge < -0.3 is 10.6 Å². The first-order valence-corrected chi connectivity index (χ1v) is 6.58. The van der Waals surface area contributed by atoms with E-state index in [1.54, 1.807) is 16.8 Å². The number of benzene rings is 1. The van der Waals surface area contributed by atoms with E-state index in [0.29, 0.717) is 5.69 Å². The van der Waals surface area contributed by atoms with Crippen molar-refractivity contribution in [1.82, 2.24) is 0 Å². The van der Waals surface area contributed by atoms with Crippen molar-refractivity contribution < 1.29 is 18.0 Å². The van der Waals surface area contributed by atoms with E-state index in [9.17, 15) is 18.0 Å². The number of halogens is 3. The number of rotatable bonds is 3. The summed E-state index contributed by atoms with van der Waals surface area (Å²) in [6.45, 7) is 0. The average Bonchev–Trinajstić information content (AvgIpc) is 2.89. The number of hydrogen-bond acceptors (Lipinski definition) is 3. The van der Waals surface area contributed by atoms with Gasteiger partial charge in [0.2, 0.25) is 0 Å². The van der Waals surface area contributed by atoms with Crippen molar-refractivity contribution in [2.24, 2.45) is 0 Å². The number of anilines is 2. The average molecular weight is 300 g/mol. The van der Waals surface area contributed by atoms with Crippen molar-refractivity contribution >= 4 is 28.6 Å². The van der Waals surface area contributed by atoms with Gasteiger partial charge in [0.15, 0.2) is 0 Å². The quantitative estimate of drug-likeness (QED) is 0.897. The highest BCUT2D eigenvalue weighted by Gasteiger charge is 2.34. The van der Waals surface area contributed by atoms with E-state index in [2.05, 4.69) is 10.6 Å². The lowest BCUT2D eigenvalue weighted by molar-refractivity contribution is -0.136. The monoisotopic (exact) mass is 300 g/mol. The lowest BCUT2D eigenvalue weighted by Crippen LogP contribution is -2.15. The van der Waals surface area contributed by atoms with Crippen LogP contribution in [0.5, 0.6) is 0 Å². The molecule has 1 aromatic heterocycles. The topological polar surface area (TPSA) is 41.1 Å². The maximum atomic E-state index is 12.9. The highest BCUT2D eigenvalue weighted by atomic mass is 32.1. The van der Waals surface area contributed by atoms with Gasteiger partial charge in [0.05, 0.1) is 11.3 Å². The van der Waals surface area contributed by atoms with Crippen LogP contribution in [-0.4, -0.2) is 13.0 Å². The summed E-state index contributed by atoms with van der Waals surface area (Å²) < 4.78 is 38.7. The molecule has 3 nitrogen and oxygen atoms in total. The van der Waals surface area contributed by atoms with Crippen LogP contribution in [0.4, 0.5) is 24.5 Å². The third kappa shape index (κ3) is 3.11. The van der Waals surface area contributed by atoms with E-state index in [4.69, 9.17) is 0 Å². The second-order valence-electron chi connectivity index (χ2n) is 3.97. The summed E-state index contributed by atoms with van der Waals surface area (Å²) in [5, 5.41) is 8.47. The molecular formula is C13H11F3N2OS. The number of carbonyl (C=O) groups excluding carboxylic acids is 1. The van der Waals surface area contributed by atoms with Crippen molar-refractivity contribution in [3.63, 3.8) is 0 Å². The highest BCUT2D eigenvalue weighted by Crippen LogP contribution is 2.35. The summed E-state index contributed by atoms with van der Waals surface area (Å²) in [7, 11) is 1.40. The first-order valence-electron chi connectivity index (χ1n) is 5.64. The summed E-state index contributed by atoms with van der Waals surface area (Å²) in [4.78, 5) is 11.9. The van der Waals surface area contributed by atoms with Crippen molar-refractivity contribution in [3.8, 4) is 0 Å². The molecule has 0 aliphatic heterocycles. The Bertz CT molecular complexity index is 609. The van der Waals surface area contributed by atoms with Crippen molar-refractivity contribution in [2.45, 2.75) is 6.18 Å².